The highest BCUT2D eigenvalue weighted by Crippen LogP contribution is 2.24. The van der Waals surface area contributed by atoms with Gasteiger partial charge in [-0.2, -0.15) is 0 Å². The fourth-order valence-electron chi connectivity index (χ4n) is 1.51. The first-order valence-electron chi connectivity index (χ1n) is 6.34. The zero-order valence-electron chi connectivity index (χ0n) is 12.0. The van der Waals surface area contributed by atoms with Crippen LogP contribution in [0.2, 0.25) is 0 Å². The van der Waals surface area contributed by atoms with E-state index in [2.05, 4.69) is 21.2 Å². The van der Waals surface area contributed by atoms with Crippen LogP contribution in [0.4, 0.5) is 4.39 Å². The van der Waals surface area contributed by atoms with Crippen LogP contribution < -0.4 is 10.5 Å². The van der Waals surface area contributed by atoms with Crippen molar-refractivity contribution in [1.82, 2.24) is 5.32 Å². The molecule has 0 saturated heterocycles. The molecular weight excluding hydrogens is 363 g/mol. The Morgan fingerprint density at radius 3 is 2.43 bits per heavy atom. The minimum Gasteiger partial charge on any atom is -0.352 e. The van der Waals surface area contributed by atoms with Crippen molar-refractivity contribution in [3.63, 3.8) is 0 Å². The number of halogens is 2. The summed E-state index contributed by atoms with van der Waals surface area (Å²) < 4.78 is 36.3. The lowest BCUT2D eigenvalue weighted by atomic mass is 9.98. The summed E-state index contributed by atoms with van der Waals surface area (Å²) in [5.74, 6) is -0.844. The smallest absolute Gasteiger partial charge is 0.252 e. The minimum absolute atomic E-state index is 0.0244. The standard InChI is InChI=1S/C13H18BrFN2O3S/c1-7(2)8(3)6-17-13(18)9-4-12(21(16,19)20)11(15)5-10(9)14/h4-5,7-8H,6H2,1-3H3,(H,17,18)(H2,16,19,20). The largest absolute Gasteiger partial charge is 0.352 e. The normalized spacial score (nSPS) is 13.3. The third kappa shape index (κ3) is 4.76. The van der Waals surface area contributed by atoms with Crippen LogP contribution >= 0.6 is 15.9 Å². The van der Waals surface area contributed by atoms with Crippen molar-refractivity contribution in [3.05, 3.63) is 28.0 Å². The number of primary sulfonamides is 1. The predicted octanol–water partition coefficient (Wildman–Crippen LogP) is 2.26. The Morgan fingerprint density at radius 1 is 1.38 bits per heavy atom. The lowest BCUT2D eigenvalue weighted by Gasteiger charge is -2.16. The first-order chi connectivity index (χ1) is 9.54. The van der Waals surface area contributed by atoms with Crippen molar-refractivity contribution in [2.75, 3.05) is 6.54 Å². The minimum atomic E-state index is -4.23. The van der Waals surface area contributed by atoms with Crippen LogP contribution in [0, 0.1) is 17.7 Å². The van der Waals surface area contributed by atoms with Crippen LogP contribution in [0.15, 0.2) is 21.5 Å². The quantitative estimate of drug-likeness (QED) is 0.820. The van der Waals surface area contributed by atoms with E-state index >= 15 is 0 Å². The molecule has 1 aromatic rings. The molecule has 0 bridgehead atoms. The molecule has 8 heteroatoms. The molecule has 3 N–H and O–H groups in total. The molecule has 5 nitrogen and oxygen atoms in total. The lowest BCUT2D eigenvalue weighted by molar-refractivity contribution is 0.0944. The SMILES string of the molecule is CC(C)C(C)CNC(=O)c1cc(S(N)(=O)=O)c(F)cc1Br. The van der Waals surface area contributed by atoms with Crippen molar-refractivity contribution in [2.45, 2.75) is 25.7 Å². The zero-order chi connectivity index (χ0) is 16.4. The lowest BCUT2D eigenvalue weighted by Crippen LogP contribution is -2.30. The van der Waals surface area contributed by atoms with Gasteiger partial charge in [0.05, 0.1) is 5.56 Å². The van der Waals surface area contributed by atoms with E-state index in [1.54, 1.807) is 0 Å². The number of amides is 1. The summed E-state index contributed by atoms with van der Waals surface area (Å²) in [4.78, 5) is 11.4. The van der Waals surface area contributed by atoms with Crippen LogP contribution in [0.1, 0.15) is 31.1 Å². The molecule has 21 heavy (non-hydrogen) atoms. The van der Waals surface area contributed by atoms with Gasteiger partial charge in [-0.05, 0) is 39.9 Å². The van der Waals surface area contributed by atoms with E-state index in [9.17, 15) is 17.6 Å². The molecule has 1 aromatic carbocycles. The van der Waals surface area contributed by atoms with Gasteiger partial charge in [-0.3, -0.25) is 4.79 Å². The molecule has 1 atom stereocenters. The summed E-state index contributed by atoms with van der Waals surface area (Å²) in [6, 6.07) is 1.85. The maximum Gasteiger partial charge on any atom is 0.252 e. The number of rotatable bonds is 5. The van der Waals surface area contributed by atoms with E-state index in [0.717, 1.165) is 12.1 Å². The molecule has 1 amide bonds. The van der Waals surface area contributed by atoms with Gasteiger partial charge in [-0.1, -0.05) is 20.8 Å². The summed E-state index contributed by atoms with van der Waals surface area (Å²) in [5.41, 5.74) is 0.0244. The van der Waals surface area contributed by atoms with Gasteiger partial charge in [0.2, 0.25) is 10.0 Å². The van der Waals surface area contributed by atoms with Crippen LogP contribution in [-0.2, 0) is 10.0 Å². The summed E-state index contributed by atoms with van der Waals surface area (Å²) >= 11 is 3.05. The highest BCUT2D eigenvalue weighted by atomic mass is 79.9. The van der Waals surface area contributed by atoms with Crippen molar-refractivity contribution < 1.29 is 17.6 Å². The van der Waals surface area contributed by atoms with Gasteiger partial charge >= 0.3 is 0 Å². The van der Waals surface area contributed by atoms with Crippen LogP contribution in [0.25, 0.3) is 0 Å². The van der Waals surface area contributed by atoms with E-state index in [4.69, 9.17) is 5.14 Å². The third-order valence-electron chi connectivity index (χ3n) is 3.30. The fourth-order valence-corrected chi connectivity index (χ4v) is 2.61. The first kappa shape index (κ1) is 18.1. The van der Waals surface area contributed by atoms with Crippen molar-refractivity contribution >= 4 is 31.9 Å². The topological polar surface area (TPSA) is 89.3 Å². The fraction of sp³-hybridized carbons (Fsp3) is 0.462. The van der Waals surface area contributed by atoms with Crippen molar-refractivity contribution in [1.29, 1.82) is 0 Å². The maximum atomic E-state index is 13.6. The molecule has 0 fully saturated rings. The molecule has 0 aliphatic rings. The summed E-state index contributed by atoms with van der Waals surface area (Å²) in [6.45, 7) is 6.49. The predicted molar refractivity (Wildman–Crippen MR) is 81.8 cm³/mol. The van der Waals surface area contributed by atoms with Crippen LogP contribution in [-0.4, -0.2) is 20.9 Å². The number of hydrogen-bond acceptors (Lipinski definition) is 3. The number of carbonyl (C=O) groups excluding carboxylic acids is 1. The summed E-state index contributed by atoms with van der Waals surface area (Å²) in [5, 5.41) is 7.62. The zero-order valence-corrected chi connectivity index (χ0v) is 14.4. The third-order valence-corrected chi connectivity index (χ3v) is 4.88. The molecule has 1 unspecified atom stereocenters. The van der Waals surface area contributed by atoms with Gasteiger partial charge in [0.1, 0.15) is 10.7 Å². The van der Waals surface area contributed by atoms with Gasteiger partial charge < -0.3 is 5.32 Å². The van der Waals surface area contributed by atoms with Gasteiger partial charge in [-0.15, -0.1) is 0 Å². The molecule has 0 saturated carbocycles. The second-order valence-corrected chi connectivity index (χ2v) is 7.62. The molecule has 0 radical (unpaired) electrons. The molecule has 1 rings (SSSR count). The molecule has 118 valence electrons. The van der Waals surface area contributed by atoms with E-state index in [1.807, 2.05) is 20.8 Å². The molecule has 0 aromatic heterocycles. The number of hydrogen-bond donors (Lipinski definition) is 2. The number of nitrogens with two attached hydrogens (primary N) is 1. The average Bonchev–Trinajstić information content (AvgIpc) is 2.33. The number of carbonyl (C=O) groups is 1. The van der Waals surface area contributed by atoms with E-state index in [-0.39, 0.29) is 16.0 Å². The van der Waals surface area contributed by atoms with Gasteiger partial charge in [0, 0.05) is 11.0 Å². The van der Waals surface area contributed by atoms with Crippen LogP contribution in [0.3, 0.4) is 0 Å². The van der Waals surface area contributed by atoms with Crippen molar-refractivity contribution in [3.8, 4) is 0 Å². The Hall–Kier alpha value is -0.990. The second-order valence-electron chi connectivity index (χ2n) is 5.24. The monoisotopic (exact) mass is 380 g/mol. The first-order valence-corrected chi connectivity index (χ1v) is 8.68. The van der Waals surface area contributed by atoms with Gasteiger partial charge in [0.15, 0.2) is 0 Å². The Labute approximate surface area is 132 Å². The summed E-state index contributed by atoms with van der Waals surface area (Å²) in [6.07, 6.45) is 0. The van der Waals surface area contributed by atoms with E-state index < -0.39 is 26.6 Å². The maximum absolute atomic E-state index is 13.6. The Balaban J connectivity index is 3.05. The molecular formula is C13H18BrFN2O3S. The highest BCUT2D eigenvalue weighted by molar-refractivity contribution is 9.10. The Morgan fingerprint density at radius 2 is 1.95 bits per heavy atom. The second kappa shape index (κ2) is 6.85. The number of sulfonamides is 1. The van der Waals surface area contributed by atoms with Gasteiger partial charge in [0.25, 0.3) is 5.91 Å². The van der Waals surface area contributed by atoms with Gasteiger partial charge in [-0.25, -0.2) is 17.9 Å². The van der Waals surface area contributed by atoms with E-state index in [1.165, 1.54) is 0 Å². The van der Waals surface area contributed by atoms with Crippen molar-refractivity contribution in [2.24, 2.45) is 17.0 Å². The highest BCUT2D eigenvalue weighted by Gasteiger charge is 2.21. The number of benzene rings is 1. The average molecular weight is 381 g/mol. The molecule has 0 heterocycles. The summed E-state index contributed by atoms with van der Waals surface area (Å²) in [7, 11) is -4.23. The molecule has 0 aliphatic carbocycles. The molecule has 0 aliphatic heterocycles. The number of nitrogens with one attached hydrogen (secondary N) is 1. The van der Waals surface area contributed by atoms with E-state index in [0.29, 0.717) is 12.5 Å². The van der Waals surface area contributed by atoms with Crippen LogP contribution in [0.5, 0.6) is 0 Å². The molecule has 0 spiro atoms. The Kier molecular flexibility index (Phi) is 5.89. The Bertz CT molecular complexity index is 647.